The average molecular weight is 533 g/mol. The first-order valence-electron chi connectivity index (χ1n) is 11.1. The number of aliphatic imine (C=N–C) groups is 1. The highest BCUT2D eigenvalue weighted by atomic mass is 127. The van der Waals surface area contributed by atoms with E-state index < -0.39 is 0 Å². The van der Waals surface area contributed by atoms with E-state index in [2.05, 4.69) is 50.5 Å². The van der Waals surface area contributed by atoms with Gasteiger partial charge in [-0.2, -0.15) is 0 Å². The van der Waals surface area contributed by atoms with Crippen LogP contribution in [0.2, 0.25) is 0 Å². The van der Waals surface area contributed by atoms with Gasteiger partial charge in [0.25, 0.3) is 0 Å². The van der Waals surface area contributed by atoms with Gasteiger partial charge in [0, 0.05) is 32.9 Å². The summed E-state index contributed by atoms with van der Waals surface area (Å²) in [7, 11) is 0. The standard InChI is InChI=1S/C23H39N3O3.HI/c1-5-24-23(25-13-6-14-28-22-11-15-27-16-12-22)26-19(4)20-7-9-21(10-8-20)29-17-18(2)3;/h7-10,18-19,22H,5-6,11-17H2,1-4H3,(H2,24,25,26);1H. The highest BCUT2D eigenvalue weighted by Crippen LogP contribution is 2.18. The third-order valence-corrected chi connectivity index (χ3v) is 4.76. The molecule has 0 aliphatic carbocycles. The van der Waals surface area contributed by atoms with E-state index in [0.717, 1.165) is 70.5 Å². The van der Waals surface area contributed by atoms with E-state index in [-0.39, 0.29) is 30.0 Å². The number of rotatable bonds is 11. The Morgan fingerprint density at radius 3 is 2.50 bits per heavy atom. The van der Waals surface area contributed by atoms with Crippen molar-refractivity contribution in [1.82, 2.24) is 10.6 Å². The Balaban J connectivity index is 0.00000450. The zero-order chi connectivity index (χ0) is 20.9. The number of hydrogen-bond acceptors (Lipinski definition) is 4. The van der Waals surface area contributed by atoms with Crippen LogP contribution in [0.1, 0.15) is 58.6 Å². The number of guanidine groups is 1. The Morgan fingerprint density at radius 1 is 1.17 bits per heavy atom. The highest BCUT2D eigenvalue weighted by Gasteiger charge is 2.13. The number of ether oxygens (including phenoxy) is 3. The predicted molar refractivity (Wildman–Crippen MR) is 134 cm³/mol. The van der Waals surface area contributed by atoms with E-state index in [9.17, 15) is 0 Å². The van der Waals surface area contributed by atoms with Crippen molar-refractivity contribution in [1.29, 1.82) is 0 Å². The molecule has 0 radical (unpaired) electrons. The molecule has 30 heavy (non-hydrogen) atoms. The fourth-order valence-electron chi connectivity index (χ4n) is 3.07. The van der Waals surface area contributed by atoms with Crippen molar-refractivity contribution >= 4 is 29.9 Å². The van der Waals surface area contributed by atoms with E-state index in [4.69, 9.17) is 19.2 Å². The summed E-state index contributed by atoms with van der Waals surface area (Å²) in [6.45, 7) is 13.2. The lowest BCUT2D eigenvalue weighted by Gasteiger charge is -2.22. The van der Waals surface area contributed by atoms with Crippen molar-refractivity contribution in [3.63, 3.8) is 0 Å². The Kier molecular flexibility index (Phi) is 14.1. The molecule has 0 amide bonds. The number of nitrogens with zero attached hydrogens (tertiary/aromatic N) is 1. The van der Waals surface area contributed by atoms with E-state index >= 15 is 0 Å². The first-order valence-corrected chi connectivity index (χ1v) is 11.1. The van der Waals surface area contributed by atoms with E-state index in [1.807, 2.05) is 12.1 Å². The summed E-state index contributed by atoms with van der Waals surface area (Å²) >= 11 is 0. The molecular weight excluding hydrogens is 493 g/mol. The largest absolute Gasteiger partial charge is 0.493 e. The third kappa shape index (κ3) is 10.8. The maximum Gasteiger partial charge on any atom is 0.191 e. The van der Waals surface area contributed by atoms with Gasteiger partial charge in [0.2, 0.25) is 0 Å². The van der Waals surface area contributed by atoms with Gasteiger partial charge in [-0.1, -0.05) is 26.0 Å². The summed E-state index contributed by atoms with van der Waals surface area (Å²) in [6.07, 6.45) is 3.29. The number of benzene rings is 1. The van der Waals surface area contributed by atoms with Crippen molar-refractivity contribution in [3.05, 3.63) is 29.8 Å². The van der Waals surface area contributed by atoms with Crippen LogP contribution in [0.5, 0.6) is 5.75 Å². The molecule has 0 spiro atoms. The summed E-state index contributed by atoms with van der Waals surface area (Å²) in [6, 6.07) is 8.45. The molecule has 1 saturated heterocycles. The second kappa shape index (κ2) is 15.7. The molecule has 172 valence electrons. The lowest BCUT2D eigenvalue weighted by molar-refractivity contribution is -0.0318. The molecule has 6 nitrogen and oxygen atoms in total. The fraction of sp³-hybridized carbons (Fsp3) is 0.696. The van der Waals surface area contributed by atoms with Gasteiger partial charge in [-0.05, 0) is 56.7 Å². The first kappa shape index (κ1) is 27.0. The molecule has 1 aromatic carbocycles. The summed E-state index contributed by atoms with van der Waals surface area (Å²) in [5, 5.41) is 6.81. The second-order valence-corrected chi connectivity index (χ2v) is 7.94. The van der Waals surface area contributed by atoms with Gasteiger partial charge >= 0.3 is 0 Å². The third-order valence-electron chi connectivity index (χ3n) is 4.76. The van der Waals surface area contributed by atoms with Crippen molar-refractivity contribution in [2.45, 2.75) is 59.1 Å². The summed E-state index contributed by atoms with van der Waals surface area (Å²) in [4.78, 5) is 4.69. The lowest BCUT2D eigenvalue weighted by atomic mass is 10.1. The molecule has 1 aliphatic heterocycles. The maximum absolute atomic E-state index is 5.92. The van der Waals surface area contributed by atoms with E-state index in [0.29, 0.717) is 12.0 Å². The van der Waals surface area contributed by atoms with Crippen LogP contribution in [0.4, 0.5) is 0 Å². The van der Waals surface area contributed by atoms with Crippen molar-refractivity contribution in [3.8, 4) is 5.75 Å². The minimum absolute atomic E-state index is 0. The number of nitrogens with one attached hydrogen (secondary N) is 2. The highest BCUT2D eigenvalue weighted by molar-refractivity contribution is 14.0. The van der Waals surface area contributed by atoms with Gasteiger partial charge in [0.1, 0.15) is 5.75 Å². The van der Waals surface area contributed by atoms with Crippen LogP contribution in [0.3, 0.4) is 0 Å². The number of halogens is 1. The normalized spacial score (nSPS) is 16.1. The zero-order valence-corrected chi connectivity index (χ0v) is 21.3. The second-order valence-electron chi connectivity index (χ2n) is 7.94. The molecule has 2 rings (SSSR count). The van der Waals surface area contributed by atoms with Crippen LogP contribution in [-0.2, 0) is 9.47 Å². The summed E-state index contributed by atoms with van der Waals surface area (Å²) in [5.41, 5.74) is 1.20. The maximum atomic E-state index is 5.92. The zero-order valence-electron chi connectivity index (χ0n) is 19.0. The molecule has 0 saturated carbocycles. The van der Waals surface area contributed by atoms with Gasteiger partial charge in [-0.15, -0.1) is 24.0 Å². The molecule has 2 N–H and O–H groups in total. The molecule has 1 aliphatic rings. The topological polar surface area (TPSA) is 64.1 Å². The molecule has 0 bridgehead atoms. The Bertz CT molecular complexity index is 590. The molecule has 0 aromatic heterocycles. The van der Waals surface area contributed by atoms with Crippen molar-refractivity contribution < 1.29 is 14.2 Å². The summed E-state index contributed by atoms with van der Waals surface area (Å²) in [5.74, 6) is 2.28. The molecule has 1 aromatic rings. The van der Waals surface area contributed by atoms with Crippen molar-refractivity contribution in [2.24, 2.45) is 10.9 Å². The molecular formula is C23H40IN3O3. The van der Waals surface area contributed by atoms with Crippen molar-refractivity contribution in [2.75, 3.05) is 39.5 Å². The fourth-order valence-corrected chi connectivity index (χ4v) is 3.07. The van der Waals surface area contributed by atoms with Crippen LogP contribution in [0.15, 0.2) is 29.3 Å². The Morgan fingerprint density at radius 2 is 1.87 bits per heavy atom. The SMILES string of the molecule is CCNC(=NCCCOC1CCOCC1)NC(C)c1ccc(OCC(C)C)cc1.I. The van der Waals surface area contributed by atoms with Gasteiger partial charge in [0.05, 0.1) is 18.8 Å². The quantitative estimate of drug-likeness (QED) is 0.189. The van der Waals surface area contributed by atoms with E-state index in [1.165, 1.54) is 5.56 Å². The Hall–Kier alpha value is -1.06. The molecule has 7 heteroatoms. The molecule has 1 unspecified atom stereocenters. The first-order chi connectivity index (χ1) is 14.1. The van der Waals surface area contributed by atoms with Crippen LogP contribution in [0, 0.1) is 5.92 Å². The van der Waals surface area contributed by atoms with Gasteiger partial charge in [-0.25, -0.2) is 0 Å². The van der Waals surface area contributed by atoms with Crippen LogP contribution in [0.25, 0.3) is 0 Å². The van der Waals surface area contributed by atoms with Crippen LogP contribution in [-0.4, -0.2) is 51.6 Å². The monoisotopic (exact) mass is 533 g/mol. The van der Waals surface area contributed by atoms with Gasteiger partial charge in [0.15, 0.2) is 5.96 Å². The smallest absolute Gasteiger partial charge is 0.191 e. The number of hydrogen-bond donors (Lipinski definition) is 2. The van der Waals surface area contributed by atoms with Crippen LogP contribution >= 0.6 is 24.0 Å². The Labute approximate surface area is 199 Å². The summed E-state index contributed by atoms with van der Waals surface area (Å²) < 4.78 is 17.0. The van der Waals surface area contributed by atoms with Gasteiger partial charge in [-0.3, -0.25) is 4.99 Å². The predicted octanol–water partition coefficient (Wildman–Crippen LogP) is 4.54. The van der Waals surface area contributed by atoms with E-state index in [1.54, 1.807) is 0 Å². The van der Waals surface area contributed by atoms with Gasteiger partial charge < -0.3 is 24.8 Å². The molecule has 1 fully saturated rings. The minimum atomic E-state index is 0. The average Bonchev–Trinajstić information content (AvgIpc) is 2.73. The van der Waals surface area contributed by atoms with Crippen LogP contribution < -0.4 is 15.4 Å². The molecule has 1 atom stereocenters. The minimum Gasteiger partial charge on any atom is -0.493 e. The lowest BCUT2D eigenvalue weighted by Crippen LogP contribution is -2.38. The molecule has 1 heterocycles.